The van der Waals surface area contributed by atoms with Gasteiger partial charge in [-0.3, -0.25) is 9.69 Å². The van der Waals surface area contributed by atoms with Gasteiger partial charge in [0.2, 0.25) is 0 Å². The van der Waals surface area contributed by atoms with Crippen molar-refractivity contribution >= 4 is 11.4 Å². The van der Waals surface area contributed by atoms with Crippen LogP contribution in [0.25, 0.3) is 5.65 Å². The molecule has 2 aromatic heterocycles. The van der Waals surface area contributed by atoms with E-state index in [1.165, 1.54) is 5.56 Å². The first-order chi connectivity index (χ1) is 17.0. The lowest BCUT2D eigenvalue weighted by Gasteiger charge is -2.32. The molecule has 176 valence electrons. The van der Waals surface area contributed by atoms with E-state index in [-0.39, 0.29) is 5.78 Å². The number of hydrogen-bond acceptors (Lipinski definition) is 5. The molecular formula is C29H29N5O. The SMILES string of the molecule is Cc1ccc(C(=O)Cc2ccc(CN3CCN(C)CC3)cc2)cc1C#Cc1cnc2cccnn12. The molecule has 0 atom stereocenters. The van der Waals surface area contributed by atoms with Crippen molar-refractivity contribution in [1.82, 2.24) is 24.4 Å². The molecule has 1 saturated heterocycles. The summed E-state index contributed by atoms with van der Waals surface area (Å²) in [5, 5.41) is 4.30. The summed E-state index contributed by atoms with van der Waals surface area (Å²) >= 11 is 0. The molecular weight excluding hydrogens is 434 g/mol. The molecule has 1 fully saturated rings. The fourth-order valence-electron chi connectivity index (χ4n) is 4.29. The summed E-state index contributed by atoms with van der Waals surface area (Å²) in [6.07, 6.45) is 3.80. The molecule has 3 heterocycles. The van der Waals surface area contributed by atoms with Crippen molar-refractivity contribution < 1.29 is 4.79 Å². The first-order valence-electron chi connectivity index (χ1n) is 12.0. The van der Waals surface area contributed by atoms with Crippen LogP contribution >= 0.6 is 0 Å². The third-order valence-electron chi connectivity index (χ3n) is 6.55. The van der Waals surface area contributed by atoms with E-state index in [2.05, 4.69) is 63.0 Å². The van der Waals surface area contributed by atoms with Crippen molar-refractivity contribution in [3.63, 3.8) is 0 Å². The van der Waals surface area contributed by atoms with Gasteiger partial charge in [-0.1, -0.05) is 42.3 Å². The lowest BCUT2D eigenvalue weighted by atomic mass is 9.98. The molecule has 5 rings (SSSR count). The fourth-order valence-corrected chi connectivity index (χ4v) is 4.29. The number of fused-ring (bicyclic) bond motifs is 1. The second-order valence-corrected chi connectivity index (χ2v) is 9.21. The first-order valence-corrected chi connectivity index (χ1v) is 12.0. The van der Waals surface area contributed by atoms with Gasteiger partial charge in [0, 0.05) is 56.5 Å². The van der Waals surface area contributed by atoms with Gasteiger partial charge in [0.1, 0.15) is 5.69 Å². The van der Waals surface area contributed by atoms with Crippen LogP contribution in [0.2, 0.25) is 0 Å². The van der Waals surface area contributed by atoms with E-state index in [9.17, 15) is 4.79 Å². The number of imidazole rings is 1. The van der Waals surface area contributed by atoms with Gasteiger partial charge < -0.3 is 4.90 Å². The Balaban J connectivity index is 1.26. The molecule has 0 N–H and O–H groups in total. The molecule has 6 heteroatoms. The molecule has 0 amide bonds. The van der Waals surface area contributed by atoms with Crippen molar-refractivity contribution in [3.8, 4) is 11.8 Å². The Morgan fingerprint density at radius 1 is 0.971 bits per heavy atom. The Morgan fingerprint density at radius 3 is 2.54 bits per heavy atom. The topological polar surface area (TPSA) is 53.7 Å². The Kier molecular flexibility index (Phi) is 6.71. The number of Topliss-reactive ketones (excluding diaryl/α,β-unsaturated/α-hetero) is 1. The van der Waals surface area contributed by atoms with E-state index in [0.717, 1.165) is 55.1 Å². The number of piperazine rings is 1. The Bertz CT molecular complexity index is 1400. The lowest BCUT2D eigenvalue weighted by molar-refractivity contribution is 0.0993. The van der Waals surface area contributed by atoms with Crippen LogP contribution in [-0.2, 0) is 13.0 Å². The molecule has 4 aromatic rings. The maximum Gasteiger partial charge on any atom is 0.167 e. The van der Waals surface area contributed by atoms with Crippen LogP contribution in [0.1, 0.15) is 38.3 Å². The largest absolute Gasteiger partial charge is 0.304 e. The van der Waals surface area contributed by atoms with Crippen LogP contribution in [0.4, 0.5) is 0 Å². The van der Waals surface area contributed by atoms with Crippen LogP contribution in [0.3, 0.4) is 0 Å². The second kappa shape index (κ2) is 10.2. The van der Waals surface area contributed by atoms with Crippen molar-refractivity contribution in [2.24, 2.45) is 0 Å². The highest BCUT2D eigenvalue weighted by Gasteiger charge is 2.14. The van der Waals surface area contributed by atoms with E-state index >= 15 is 0 Å². The zero-order chi connectivity index (χ0) is 24.2. The smallest absolute Gasteiger partial charge is 0.167 e. The molecule has 35 heavy (non-hydrogen) atoms. The van der Waals surface area contributed by atoms with Gasteiger partial charge >= 0.3 is 0 Å². The van der Waals surface area contributed by atoms with Crippen LogP contribution in [-0.4, -0.2) is 63.4 Å². The molecule has 6 nitrogen and oxygen atoms in total. The number of benzene rings is 2. The Labute approximate surface area is 206 Å². The zero-order valence-electron chi connectivity index (χ0n) is 20.2. The van der Waals surface area contributed by atoms with Crippen molar-refractivity contribution in [1.29, 1.82) is 0 Å². The number of rotatable bonds is 5. The summed E-state index contributed by atoms with van der Waals surface area (Å²) in [5.74, 6) is 6.45. The highest BCUT2D eigenvalue weighted by atomic mass is 16.1. The highest BCUT2D eigenvalue weighted by Crippen LogP contribution is 2.15. The van der Waals surface area contributed by atoms with E-state index in [1.54, 1.807) is 16.9 Å². The molecule has 0 bridgehead atoms. The summed E-state index contributed by atoms with van der Waals surface area (Å²) in [6.45, 7) is 7.40. The summed E-state index contributed by atoms with van der Waals surface area (Å²) in [7, 11) is 2.17. The minimum atomic E-state index is 0.0938. The van der Waals surface area contributed by atoms with Crippen molar-refractivity contribution in [3.05, 3.63) is 101 Å². The first kappa shape index (κ1) is 23.0. The quantitative estimate of drug-likeness (QED) is 0.334. The van der Waals surface area contributed by atoms with Gasteiger partial charge in [0.25, 0.3) is 0 Å². The van der Waals surface area contributed by atoms with Crippen molar-refractivity contribution in [2.45, 2.75) is 19.9 Å². The highest BCUT2D eigenvalue weighted by molar-refractivity contribution is 5.98. The molecule has 0 saturated carbocycles. The molecule has 2 aromatic carbocycles. The Morgan fingerprint density at radius 2 is 1.74 bits per heavy atom. The Hall–Kier alpha value is -3.79. The molecule has 1 aliphatic heterocycles. The van der Waals surface area contributed by atoms with Gasteiger partial charge in [0.15, 0.2) is 11.4 Å². The van der Waals surface area contributed by atoms with Gasteiger partial charge in [-0.25, -0.2) is 9.50 Å². The maximum absolute atomic E-state index is 13.0. The number of nitrogens with zero attached hydrogens (tertiary/aromatic N) is 5. The van der Waals surface area contributed by atoms with Gasteiger partial charge in [-0.2, -0.15) is 5.10 Å². The normalized spacial score (nSPS) is 14.6. The predicted octanol–water partition coefficient (Wildman–Crippen LogP) is 3.61. The minimum Gasteiger partial charge on any atom is -0.304 e. The number of ketones is 1. The summed E-state index contributed by atoms with van der Waals surface area (Å²) in [4.78, 5) is 22.2. The fraction of sp³-hybridized carbons (Fsp3) is 0.276. The van der Waals surface area contributed by atoms with E-state index in [4.69, 9.17) is 0 Å². The minimum absolute atomic E-state index is 0.0938. The average Bonchev–Trinajstić information content (AvgIpc) is 3.29. The van der Waals surface area contributed by atoms with Crippen LogP contribution in [0, 0.1) is 18.8 Å². The number of aromatic nitrogens is 3. The zero-order valence-corrected chi connectivity index (χ0v) is 20.2. The van der Waals surface area contributed by atoms with Crippen LogP contribution < -0.4 is 0 Å². The van der Waals surface area contributed by atoms with Crippen molar-refractivity contribution in [2.75, 3.05) is 33.2 Å². The van der Waals surface area contributed by atoms with E-state index in [1.807, 2.05) is 37.3 Å². The van der Waals surface area contributed by atoms with Gasteiger partial charge in [0.05, 0.1) is 6.20 Å². The number of aryl methyl sites for hydroxylation is 1. The van der Waals surface area contributed by atoms with E-state index < -0.39 is 0 Å². The van der Waals surface area contributed by atoms with Gasteiger partial charge in [-0.15, -0.1) is 0 Å². The molecule has 0 unspecified atom stereocenters. The van der Waals surface area contributed by atoms with E-state index in [0.29, 0.717) is 17.7 Å². The molecule has 0 radical (unpaired) electrons. The van der Waals surface area contributed by atoms with Crippen LogP contribution in [0.15, 0.2) is 67.0 Å². The summed E-state index contributed by atoms with van der Waals surface area (Å²) in [5.41, 5.74) is 6.34. The third kappa shape index (κ3) is 5.48. The molecule has 1 aliphatic rings. The van der Waals surface area contributed by atoms with Crippen LogP contribution in [0.5, 0.6) is 0 Å². The maximum atomic E-state index is 13.0. The number of likely N-dealkylation sites (N-methyl/N-ethyl adjacent to an activating group) is 1. The average molecular weight is 464 g/mol. The van der Waals surface area contributed by atoms with Gasteiger partial charge in [-0.05, 0) is 54.8 Å². The standard InChI is InChI=1S/C29H29N5O/c1-22-5-10-26(19-25(22)11-12-27-20-30-29-4-3-13-31-34(27)29)28(35)18-23-6-8-24(9-7-23)21-33-16-14-32(2)15-17-33/h3-10,13,19-20H,14-18,21H2,1-2H3. The number of carbonyl (C=O) groups excluding carboxylic acids is 1. The summed E-state index contributed by atoms with van der Waals surface area (Å²) in [6, 6.07) is 17.9. The molecule has 0 spiro atoms. The lowest BCUT2D eigenvalue weighted by Crippen LogP contribution is -2.43. The number of carbonyl (C=O) groups is 1. The number of hydrogen-bond donors (Lipinski definition) is 0. The molecule has 0 aliphatic carbocycles. The summed E-state index contributed by atoms with van der Waals surface area (Å²) < 4.78 is 1.71. The predicted molar refractivity (Wildman–Crippen MR) is 137 cm³/mol. The third-order valence-corrected chi connectivity index (χ3v) is 6.55. The second-order valence-electron chi connectivity index (χ2n) is 9.21. The monoisotopic (exact) mass is 463 g/mol.